The van der Waals surface area contributed by atoms with E-state index in [9.17, 15) is 0 Å². The Morgan fingerprint density at radius 2 is 0.531 bits per heavy atom. The van der Waals surface area contributed by atoms with Crippen molar-refractivity contribution in [2.75, 3.05) is 0 Å². The molecule has 0 unspecified atom stereocenters. The number of rotatable bonds is 18. The molecule has 0 atom stereocenters. The first-order valence-corrected chi connectivity index (χ1v) is 22.6. The molecule has 9 aromatic rings. The largest absolute Gasteiger partial charge is 0.489 e. The van der Waals surface area contributed by atoms with Crippen molar-refractivity contribution in [2.45, 2.75) is 39.6 Å². The van der Waals surface area contributed by atoms with Crippen LogP contribution in [0.1, 0.15) is 33.4 Å². The van der Waals surface area contributed by atoms with E-state index in [4.69, 9.17) is 28.4 Å². The van der Waals surface area contributed by atoms with Gasteiger partial charge in [0.15, 0.2) is 11.5 Å². The van der Waals surface area contributed by atoms with Crippen molar-refractivity contribution in [1.82, 2.24) is 0 Å². The maximum Gasteiger partial charge on any atom is 0.170 e. The van der Waals surface area contributed by atoms with Gasteiger partial charge in [-0.05, 0) is 105 Å². The average Bonchev–Trinajstić information content (AvgIpc) is 3.34. The molecule has 0 amide bonds. The van der Waals surface area contributed by atoms with Crippen molar-refractivity contribution in [1.29, 1.82) is 0 Å². The normalized spacial score (nSPS) is 11.0. The minimum absolute atomic E-state index is 0.216. The molecule has 8 heteroatoms. The molecule has 64 heavy (non-hydrogen) atoms. The SMILES string of the molecule is Brc1ccc2c(OCc3cc(OCc4ccccc4)cc(OCc4ccccc4)c3)c(OCc3cc(OCc4ccccc4)cc(OCc4ccccc4)c3)c3ccc(Br)cc3c2c1. The van der Waals surface area contributed by atoms with E-state index in [0.29, 0.717) is 60.9 Å². The van der Waals surface area contributed by atoms with Crippen LogP contribution in [0, 0.1) is 0 Å². The van der Waals surface area contributed by atoms with Crippen LogP contribution < -0.4 is 28.4 Å². The van der Waals surface area contributed by atoms with Gasteiger partial charge < -0.3 is 28.4 Å². The summed E-state index contributed by atoms with van der Waals surface area (Å²) in [6, 6.07) is 64.8. The fraction of sp³-hybridized carbons (Fsp3) is 0.107. The molecule has 0 aliphatic carbocycles. The van der Waals surface area contributed by atoms with Gasteiger partial charge in [0.25, 0.3) is 0 Å². The molecule has 0 bridgehead atoms. The highest BCUT2D eigenvalue weighted by Crippen LogP contribution is 2.46. The number of hydrogen-bond acceptors (Lipinski definition) is 6. The van der Waals surface area contributed by atoms with Crippen LogP contribution in [0.3, 0.4) is 0 Å². The standard InChI is InChI=1S/C56H44Br2O6/c57-45-21-23-51-53(29-45)54-30-46(58)22-24-52(54)56(64-38-44-27-49(61-35-41-17-9-3-10-18-41)32-50(28-44)62-36-42-19-11-4-12-20-42)55(51)63-37-43-25-47(59-33-39-13-5-1-6-14-39)31-48(26-43)60-34-40-15-7-2-8-16-40/h1-32H,33-38H2. The molecule has 0 saturated heterocycles. The van der Waals surface area contributed by atoms with E-state index < -0.39 is 0 Å². The predicted octanol–water partition coefficient (Wildman–Crippen LogP) is 15.0. The molecular formula is C56H44Br2O6. The highest BCUT2D eigenvalue weighted by atomic mass is 79.9. The van der Waals surface area contributed by atoms with Crippen molar-refractivity contribution in [3.05, 3.63) is 236 Å². The molecule has 0 radical (unpaired) electrons. The van der Waals surface area contributed by atoms with Crippen molar-refractivity contribution in [3.8, 4) is 34.5 Å². The summed E-state index contributed by atoms with van der Waals surface area (Å²) in [6.07, 6.45) is 0. The van der Waals surface area contributed by atoms with Crippen molar-refractivity contribution < 1.29 is 28.4 Å². The monoisotopic (exact) mass is 970 g/mol. The first-order valence-electron chi connectivity index (χ1n) is 21.0. The number of benzene rings is 9. The van der Waals surface area contributed by atoms with Crippen LogP contribution in [0.2, 0.25) is 0 Å². The van der Waals surface area contributed by atoms with Gasteiger partial charge in [-0.2, -0.15) is 0 Å². The molecule has 9 aromatic carbocycles. The fourth-order valence-corrected chi connectivity index (χ4v) is 8.16. The molecule has 318 valence electrons. The van der Waals surface area contributed by atoms with Gasteiger partial charge in [0.05, 0.1) is 0 Å². The first kappa shape index (κ1) is 42.6. The van der Waals surface area contributed by atoms with Gasteiger partial charge in [0.1, 0.15) is 62.6 Å². The summed E-state index contributed by atoms with van der Waals surface area (Å²) in [4.78, 5) is 0. The molecular weight excluding hydrogens is 928 g/mol. The molecule has 0 aliphatic rings. The molecule has 6 nitrogen and oxygen atoms in total. The Hall–Kier alpha value is -6.74. The zero-order chi connectivity index (χ0) is 43.5. The van der Waals surface area contributed by atoms with Gasteiger partial charge in [-0.15, -0.1) is 0 Å². The van der Waals surface area contributed by atoms with E-state index in [-0.39, 0.29) is 13.2 Å². The number of fused-ring (bicyclic) bond motifs is 3. The average molecular weight is 973 g/mol. The summed E-state index contributed by atoms with van der Waals surface area (Å²) in [5, 5.41) is 3.86. The zero-order valence-electron chi connectivity index (χ0n) is 34.9. The van der Waals surface area contributed by atoms with Gasteiger partial charge in [-0.25, -0.2) is 0 Å². The Morgan fingerprint density at radius 1 is 0.250 bits per heavy atom. The Bertz CT molecular complexity index is 2640. The fourth-order valence-electron chi connectivity index (χ4n) is 7.44. The number of ether oxygens (including phenoxy) is 6. The zero-order valence-corrected chi connectivity index (χ0v) is 38.1. The van der Waals surface area contributed by atoms with E-state index in [0.717, 1.165) is 63.9 Å². The second-order valence-corrected chi connectivity index (χ2v) is 17.2. The maximum atomic E-state index is 6.95. The van der Waals surface area contributed by atoms with Crippen molar-refractivity contribution >= 4 is 53.4 Å². The summed E-state index contributed by atoms with van der Waals surface area (Å²) in [5.74, 6) is 3.97. The smallest absolute Gasteiger partial charge is 0.170 e. The van der Waals surface area contributed by atoms with E-state index >= 15 is 0 Å². The Kier molecular flexibility index (Phi) is 13.7. The topological polar surface area (TPSA) is 55.4 Å². The van der Waals surface area contributed by atoms with E-state index in [1.807, 2.05) is 121 Å². The first-order chi connectivity index (χ1) is 31.5. The summed E-state index contributed by atoms with van der Waals surface area (Å²) in [6.45, 7) is 2.09. The molecule has 0 saturated carbocycles. The highest BCUT2D eigenvalue weighted by molar-refractivity contribution is 9.10. The predicted molar refractivity (Wildman–Crippen MR) is 261 cm³/mol. The Morgan fingerprint density at radius 3 is 0.828 bits per heavy atom. The van der Waals surface area contributed by atoms with Crippen LogP contribution in [0.25, 0.3) is 21.5 Å². The van der Waals surface area contributed by atoms with E-state index in [1.165, 1.54) is 0 Å². The molecule has 0 aliphatic heterocycles. The van der Waals surface area contributed by atoms with Crippen LogP contribution in [-0.4, -0.2) is 0 Å². The van der Waals surface area contributed by atoms with Gasteiger partial charge in [-0.1, -0.05) is 153 Å². The Labute approximate surface area is 390 Å². The lowest BCUT2D eigenvalue weighted by Gasteiger charge is -2.20. The second kappa shape index (κ2) is 20.6. The number of halogens is 2. The van der Waals surface area contributed by atoms with Crippen LogP contribution >= 0.6 is 31.9 Å². The summed E-state index contributed by atoms with van der Waals surface area (Å²) in [5.41, 5.74) is 6.04. The summed E-state index contributed by atoms with van der Waals surface area (Å²) < 4.78 is 41.2. The lowest BCUT2D eigenvalue weighted by atomic mass is 10.00. The van der Waals surface area contributed by atoms with Gasteiger partial charge in [-0.3, -0.25) is 0 Å². The number of hydrogen-bond donors (Lipinski definition) is 0. The van der Waals surface area contributed by atoms with Gasteiger partial charge in [0.2, 0.25) is 0 Å². The molecule has 0 heterocycles. The van der Waals surface area contributed by atoms with Crippen molar-refractivity contribution in [2.24, 2.45) is 0 Å². The lowest BCUT2D eigenvalue weighted by molar-refractivity contribution is 0.256. The molecule has 0 spiro atoms. The van der Waals surface area contributed by atoms with Crippen LogP contribution in [-0.2, 0) is 39.6 Å². The third-order valence-corrected chi connectivity index (χ3v) is 11.6. The minimum atomic E-state index is 0.216. The van der Waals surface area contributed by atoms with Gasteiger partial charge in [0, 0.05) is 31.9 Å². The van der Waals surface area contributed by atoms with Gasteiger partial charge >= 0.3 is 0 Å². The molecule has 0 fully saturated rings. The second-order valence-electron chi connectivity index (χ2n) is 15.3. The highest BCUT2D eigenvalue weighted by Gasteiger charge is 2.20. The van der Waals surface area contributed by atoms with E-state index in [2.05, 4.69) is 105 Å². The summed E-state index contributed by atoms with van der Waals surface area (Å²) in [7, 11) is 0. The van der Waals surface area contributed by atoms with Crippen molar-refractivity contribution in [3.63, 3.8) is 0 Å². The third kappa shape index (κ3) is 11.1. The maximum absolute atomic E-state index is 6.95. The quantitative estimate of drug-likeness (QED) is 0.0799. The van der Waals surface area contributed by atoms with Crippen LogP contribution in [0.15, 0.2) is 203 Å². The minimum Gasteiger partial charge on any atom is -0.489 e. The molecule has 9 rings (SSSR count). The van der Waals surface area contributed by atoms with Crippen LogP contribution in [0.5, 0.6) is 34.5 Å². The lowest BCUT2D eigenvalue weighted by Crippen LogP contribution is -2.05. The molecule has 0 aromatic heterocycles. The summed E-state index contributed by atoms with van der Waals surface area (Å²) >= 11 is 7.46. The Balaban J connectivity index is 1.05. The van der Waals surface area contributed by atoms with Crippen LogP contribution in [0.4, 0.5) is 0 Å². The van der Waals surface area contributed by atoms with E-state index in [1.54, 1.807) is 0 Å². The molecule has 0 N–H and O–H groups in total. The third-order valence-electron chi connectivity index (χ3n) is 10.6.